The van der Waals surface area contributed by atoms with E-state index in [0.717, 1.165) is 56.5 Å². The zero-order valence-electron chi connectivity index (χ0n) is 14.6. The summed E-state index contributed by atoms with van der Waals surface area (Å²) in [4.78, 5) is 5.00. The number of rotatable bonds is 5. The van der Waals surface area contributed by atoms with Gasteiger partial charge in [-0.2, -0.15) is 0 Å². The van der Waals surface area contributed by atoms with Crippen LogP contribution in [-0.2, 0) is 13.1 Å². The third-order valence-electron chi connectivity index (χ3n) is 4.84. The lowest BCUT2D eigenvalue weighted by Gasteiger charge is -2.34. The van der Waals surface area contributed by atoms with Crippen LogP contribution >= 0.6 is 0 Å². The van der Waals surface area contributed by atoms with Gasteiger partial charge in [-0.05, 0) is 23.3 Å². The van der Waals surface area contributed by atoms with Crippen molar-refractivity contribution in [2.75, 3.05) is 40.1 Å². The summed E-state index contributed by atoms with van der Waals surface area (Å²) in [6.45, 7) is 6.55. The number of benzene rings is 2. The number of piperazine rings is 1. The van der Waals surface area contributed by atoms with Gasteiger partial charge in [0.05, 0.1) is 7.11 Å². The van der Waals surface area contributed by atoms with Gasteiger partial charge in [0.15, 0.2) is 11.5 Å². The van der Waals surface area contributed by atoms with E-state index < -0.39 is 0 Å². The molecule has 0 aliphatic carbocycles. The molecule has 2 heterocycles. The molecule has 2 aliphatic heterocycles. The van der Waals surface area contributed by atoms with Crippen LogP contribution in [0.25, 0.3) is 0 Å². The maximum Gasteiger partial charge on any atom is 0.231 e. The Kier molecular flexibility index (Phi) is 4.76. The van der Waals surface area contributed by atoms with E-state index in [0.29, 0.717) is 0 Å². The van der Waals surface area contributed by atoms with E-state index in [1.54, 1.807) is 7.11 Å². The molecule has 0 unspecified atom stereocenters. The van der Waals surface area contributed by atoms with Crippen molar-refractivity contribution in [3.05, 3.63) is 53.6 Å². The Morgan fingerprint density at radius 2 is 1.56 bits per heavy atom. The standard InChI is InChI=1S/C20H24N2O3/c1-23-18-11-17(12-19-20(18)25-15-24-19)14-22-9-7-21(8-10-22)13-16-5-3-2-4-6-16/h2-6,11-12H,7-10,13-15H2,1H3. The predicted octanol–water partition coefficient (Wildman–Crippen LogP) is 2.74. The van der Waals surface area contributed by atoms with Crippen LogP contribution in [0.2, 0.25) is 0 Å². The Morgan fingerprint density at radius 3 is 2.24 bits per heavy atom. The Balaban J connectivity index is 1.34. The van der Waals surface area contributed by atoms with E-state index in [-0.39, 0.29) is 6.79 Å². The molecule has 0 amide bonds. The highest BCUT2D eigenvalue weighted by atomic mass is 16.7. The van der Waals surface area contributed by atoms with Crippen LogP contribution in [0.15, 0.2) is 42.5 Å². The van der Waals surface area contributed by atoms with Gasteiger partial charge < -0.3 is 14.2 Å². The summed E-state index contributed by atoms with van der Waals surface area (Å²) in [5.74, 6) is 2.27. The first-order valence-corrected chi connectivity index (χ1v) is 8.77. The number of hydrogen-bond acceptors (Lipinski definition) is 5. The fraction of sp³-hybridized carbons (Fsp3) is 0.400. The second-order valence-corrected chi connectivity index (χ2v) is 6.57. The van der Waals surface area contributed by atoms with Crippen LogP contribution in [0, 0.1) is 0 Å². The lowest BCUT2D eigenvalue weighted by molar-refractivity contribution is 0.122. The Morgan fingerprint density at radius 1 is 0.880 bits per heavy atom. The molecular formula is C20H24N2O3. The molecule has 2 aromatic carbocycles. The first-order valence-electron chi connectivity index (χ1n) is 8.77. The zero-order valence-corrected chi connectivity index (χ0v) is 14.6. The summed E-state index contributed by atoms with van der Waals surface area (Å²) < 4.78 is 16.4. The summed E-state index contributed by atoms with van der Waals surface area (Å²) in [5.41, 5.74) is 2.59. The number of fused-ring (bicyclic) bond motifs is 1. The van der Waals surface area contributed by atoms with Crippen molar-refractivity contribution in [1.82, 2.24) is 9.80 Å². The van der Waals surface area contributed by atoms with Crippen molar-refractivity contribution in [1.29, 1.82) is 0 Å². The maximum atomic E-state index is 5.53. The molecule has 2 aliphatic rings. The molecule has 0 aromatic heterocycles. The summed E-state index contributed by atoms with van der Waals surface area (Å²) >= 11 is 0. The van der Waals surface area contributed by atoms with Crippen molar-refractivity contribution in [3.63, 3.8) is 0 Å². The molecule has 1 saturated heterocycles. The molecule has 1 fully saturated rings. The van der Waals surface area contributed by atoms with Crippen molar-refractivity contribution < 1.29 is 14.2 Å². The molecule has 132 valence electrons. The Bertz CT molecular complexity index is 712. The molecule has 0 atom stereocenters. The van der Waals surface area contributed by atoms with Crippen LogP contribution in [0.3, 0.4) is 0 Å². The average Bonchev–Trinajstić information content (AvgIpc) is 3.12. The summed E-state index contributed by atoms with van der Waals surface area (Å²) in [7, 11) is 1.67. The lowest BCUT2D eigenvalue weighted by Crippen LogP contribution is -2.45. The van der Waals surface area contributed by atoms with Gasteiger partial charge in [-0.1, -0.05) is 30.3 Å². The predicted molar refractivity (Wildman–Crippen MR) is 96.1 cm³/mol. The molecule has 0 bridgehead atoms. The van der Waals surface area contributed by atoms with Crippen LogP contribution in [0.5, 0.6) is 17.2 Å². The monoisotopic (exact) mass is 340 g/mol. The zero-order chi connectivity index (χ0) is 17.1. The molecule has 5 nitrogen and oxygen atoms in total. The Hall–Kier alpha value is -2.24. The molecule has 25 heavy (non-hydrogen) atoms. The topological polar surface area (TPSA) is 34.2 Å². The first-order chi connectivity index (χ1) is 12.3. The second-order valence-electron chi connectivity index (χ2n) is 6.57. The van der Waals surface area contributed by atoms with E-state index in [1.807, 2.05) is 0 Å². The van der Waals surface area contributed by atoms with E-state index in [9.17, 15) is 0 Å². The highest BCUT2D eigenvalue weighted by Crippen LogP contribution is 2.42. The first kappa shape index (κ1) is 16.2. The quantitative estimate of drug-likeness (QED) is 0.836. The molecule has 5 heteroatoms. The van der Waals surface area contributed by atoms with Crippen LogP contribution in [0.1, 0.15) is 11.1 Å². The minimum absolute atomic E-state index is 0.271. The van der Waals surface area contributed by atoms with Gasteiger partial charge in [0.1, 0.15) is 0 Å². The van der Waals surface area contributed by atoms with E-state index >= 15 is 0 Å². The average molecular weight is 340 g/mol. The number of hydrogen-bond donors (Lipinski definition) is 0. The van der Waals surface area contributed by atoms with Crippen molar-refractivity contribution in [2.45, 2.75) is 13.1 Å². The van der Waals surface area contributed by atoms with Crippen LogP contribution in [-0.4, -0.2) is 49.9 Å². The number of nitrogens with zero attached hydrogens (tertiary/aromatic N) is 2. The van der Waals surface area contributed by atoms with Gasteiger partial charge in [0.25, 0.3) is 0 Å². The third kappa shape index (κ3) is 3.72. The van der Waals surface area contributed by atoms with E-state index in [2.05, 4.69) is 52.3 Å². The van der Waals surface area contributed by atoms with E-state index in [1.165, 1.54) is 11.1 Å². The molecular weight excluding hydrogens is 316 g/mol. The van der Waals surface area contributed by atoms with E-state index in [4.69, 9.17) is 14.2 Å². The van der Waals surface area contributed by atoms with Gasteiger partial charge in [0, 0.05) is 39.3 Å². The fourth-order valence-electron chi connectivity index (χ4n) is 3.48. The smallest absolute Gasteiger partial charge is 0.231 e. The highest BCUT2D eigenvalue weighted by molar-refractivity contribution is 5.55. The maximum absolute atomic E-state index is 5.53. The van der Waals surface area contributed by atoms with Crippen molar-refractivity contribution in [3.8, 4) is 17.2 Å². The van der Waals surface area contributed by atoms with Gasteiger partial charge in [-0.25, -0.2) is 0 Å². The highest BCUT2D eigenvalue weighted by Gasteiger charge is 2.22. The van der Waals surface area contributed by atoms with Crippen LogP contribution < -0.4 is 14.2 Å². The third-order valence-corrected chi connectivity index (χ3v) is 4.84. The molecule has 0 saturated carbocycles. The van der Waals surface area contributed by atoms with Gasteiger partial charge in [-0.3, -0.25) is 9.80 Å². The van der Waals surface area contributed by atoms with Gasteiger partial charge in [-0.15, -0.1) is 0 Å². The van der Waals surface area contributed by atoms with Gasteiger partial charge in [0.2, 0.25) is 12.5 Å². The molecule has 4 rings (SSSR count). The molecule has 0 N–H and O–H groups in total. The minimum atomic E-state index is 0.271. The number of methoxy groups -OCH3 is 1. The Labute approximate surface area is 148 Å². The normalized spacial score (nSPS) is 17.6. The van der Waals surface area contributed by atoms with Crippen LogP contribution in [0.4, 0.5) is 0 Å². The summed E-state index contributed by atoms with van der Waals surface area (Å²) in [6, 6.07) is 14.8. The summed E-state index contributed by atoms with van der Waals surface area (Å²) in [6.07, 6.45) is 0. The summed E-state index contributed by atoms with van der Waals surface area (Å²) in [5, 5.41) is 0. The lowest BCUT2D eigenvalue weighted by atomic mass is 10.1. The largest absolute Gasteiger partial charge is 0.493 e. The molecule has 2 aromatic rings. The number of ether oxygens (including phenoxy) is 3. The minimum Gasteiger partial charge on any atom is -0.493 e. The molecule has 0 radical (unpaired) electrons. The van der Waals surface area contributed by atoms with Gasteiger partial charge >= 0.3 is 0 Å². The van der Waals surface area contributed by atoms with Crippen molar-refractivity contribution in [2.24, 2.45) is 0 Å². The second kappa shape index (κ2) is 7.33. The SMILES string of the molecule is COc1cc(CN2CCN(Cc3ccccc3)CC2)cc2c1OCO2. The fourth-order valence-corrected chi connectivity index (χ4v) is 3.48. The van der Waals surface area contributed by atoms with Crippen molar-refractivity contribution >= 4 is 0 Å². The molecule has 0 spiro atoms.